The summed E-state index contributed by atoms with van der Waals surface area (Å²) in [5, 5.41) is 0. The predicted octanol–water partition coefficient (Wildman–Crippen LogP) is 1.36. The van der Waals surface area contributed by atoms with Gasteiger partial charge in [0.2, 0.25) is 11.8 Å². The average molecular weight is 250 g/mol. The molecule has 2 N–H and O–H groups in total. The Kier molecular flexibility index (Phi) is 4.01. The van der Waals surface area contributed by atoms with Gasteiger partial charge in [0.05, 0.1) is 6.61 Å². The van der Waals surface area contributed by atoms with Gasteiger partial charge < -0.3 is 15.4 Å². The third-order valence-corrected chi connectivity index (χ3v) is 3.26. The molecule has 0 amide bonds. The van der Waals surface area contributed by atoms with Crippen molar-refractivity contribution in [3.8, 4) is 5.88 Å². The summed E-state index contributed by atoms with van der Waals surface area (Å²) in [6.07, 6.45) is 2.21. The summed E-state index contributed by atoms with van der Waals surface area (Å²) in [5.74, 6) is 2.06. The molecule has 0 bridgehead atoms. The Morgan fingerprint density at radius 2 is 2.17 bits per heavy atom. The first-order chi connectivity index (χ1) is 8.58. The van der Waals surface area contributed by atoms with Gasteiger partial charge in [-0.1, -0.05) is 0 Å². The minimum Gasteiger partial charge on any atom is -0.478 e. The molecule has 1 heterocycles. The minimum atomic E-state index is 0.390. The lowest BCUT2D eigenvalue weighted by molar-refractivity contribution is 0.270. The molecule has 1 aromatic heterocycles. The standard InChI is InChI=1S/C13H22N4O/c1-4-18-12-5-9(2)15-13(16-12)17(3)8-10-6-11(14)7-10/h5,10-11H,4,6-8,14H2,1-3H3. The third-order valence-electron chi connectivity index (χ3n) is 3.26. The lowest BCUT2D eigenvalue weighted by Gasteiger charge is -2.35. The second-order valence-corrected chi connectivity index (χ2v) is 5.06. The molecule has 100 valence electrons. The van der Waals surface area contributed by atoms with E-state index >= 15 is 0 Å². The predicted molar refractivity (Wildman–Crippen MR) is 71.9 cm³/mol. The maximum Gasteiger partial charge on any atom is 0.228 e. The quantitative estimate of drug-likeness (QED) is 0.854. The number of aryl methyl sites for hydroxylation is 1. The Labute approximate surface area is 108 Å². The Balaban J connectivity index is 2.02. The van der Waals surface area contributed by atoms with Crippen LogP contribution in [0.25, 0.3) is 0 Å². The molecule has 1 aliphatic carbocycles. The molecule has 0 aromatic carbocycles. The SMILES string of the molecule is CCOc1cc(C)nc(N(C)CC2CC(N)C2)n1. The first-order valence-electron chi connectivity index (χ1n) is 6.53. The van der Waals surface area contributed by atoms with Crippen LogP contribution in [0.5, 0.6) is 5.88 Å². The summed E-state index contributed by atoms with van der Waals surface area (Å²) in [6.45, 7) is 5.50. The van der Waals surface area contributed by atoms with Crippen molar-refractivity contribution >= 4 is 5.95 Å². The molecule has 0 spiro atoms. The Hall–Kier alpha value is -1.36. The van der Waals surface area contributed by atoms with E-state index in [9.17, 15) is 0 Å². The summed E-state index contributed by atoms with van der Waals surface area (Å²) in [4.78, 5) is 11.0. The number of nitrogens with two attached hydrogens (primary N) is 1. The van der Waals surface area contributed by atoms with Gasteiger partial charge in [0, 0.05) is 31.4 Å². The number of anilines is 1. The van der Waals surface area contributed by atoms with E-state index in [0.29, 0.717) is 24.4 Å². The van der Waals surface area contributed by atoms with Crippen molar-refractivity contribution in [1.82, 2.24) is 9.97 Å². The van der Waals surface area contributed by atoms with Gasteiger partial charge in [0.25, 0.3) is 0 Å². The fourth-order valence-corrected chi connectivity index (χ4v) is 2.32. The summed E-state index contributed by atoms with van der Waals surface area (Å²) in [7, 11) is 2.02. The lowest BCUT2D eigenvalue weighted by Crippen LogP contribution is -2.42. The number of hydrogen-bond acceptors (Lipinski definition) is 5. The number of nitrogens with zero attached hydrogens (tertiary/aromatic N) is 3. The van der Waals surface area contributed by atoms with Crippen LogP contribution >= 0.6 is 0 Å². The van der Waals surface area contributed by atoms with E-state index in [4.69, 9.17) is 10.5 Å². The van der Waals surface area contributed by atoms with Crippen molar-refractivity contribution in [2.75, 3.05) is 25.1 Å². The smallest absolute Gasteiger partial charge is 0.228 e. The van der Waals surface area contributed by atoms with Crippen LogP contribution in [-0.4, -0.2) is 36.2 Å². The highest BCUT2D eigenvalue weighted by Gasteiger charge is 2.27. The highest BCUT2D eigenvalue weighted by Crippen LogP contribution is 2.27. The first kappa shape index (κ1) is 13.1. The van der Waals surface area contributed by atoms with Gasteiger partial charge in [-0.3, -0.25) is 0 Å². The number of rotatable bonds is 5. The molecule has 0 saturated heterocycles. The average Bonchev–Trinajstić information content (AvgIpc) is 2.26. The zero-order chi connectivity index (χ0) is 13.1. The van der Waals surface area contributed by atoms with E-state index in [0.717, 1.165) is 31.0 Å². The van der Waals surface area contributed by atoms with Crippen molar-refractivity contribution < 1.29 is 4.74 Å². The van der Waals surface area contributed by atoms with Crippen LogP contribution in [0.1, 0.15) is 25.5 Å². The molecule has 5 nitrogen and oxygen atoms in total. The molecule has 1 aromatic rings. The molecule has 1 fully saturated rings. The van der Waals surface area contributed by atoms with Crippen LogP contribution in [0.15, 0.2) is 6.07 Å². The van der Waals surface area contributed by atoms with Crippen LogP contribution in [0.3, 0.4) is 0 Å². The molecular formula is C13H22N4O. The van der Waals surface area contributed by atoms with Gasteiger partial charge in [0.1, 0.15) is 0 Å². The van der Waals surface area contributed by atoms with E-state index < -0.39 is 0 Å². The maximum atomic E-state index is 5.80. The van der Waals surface area contributed by atoms with E-state index in [1.165, 1.54) is 0 Å². The van der Waals surface area contributed by atoms with E-state index in [1.54, 1.807) is 0 Å². The zero-order valence-corrected chi connectivity index (χ0v) is 11.4. The Morgan fingerprint density at radius 1 is 1.44 bits per heavy atom. The van der Waals surface area contributed by atoms with E-state index in [2.05, 4.69) is 14.9 Å². The fourth-order valence-electron chi connectivity index (χ4n) is 2.32. The zero-order valence-electron chi connectivity index (χ0n) is 11.4. The molecule has 5 heteroatoms. The second-order valence-electron chi connectivity index (χ2n) is 5.06. The molecule has 1 aliphatic rings. The van der Waals surface area contributed by atoms with Crippen LogP contribution < -0.4 is 15.4 Å². The Morgan fingerprint density at radius 3 is 2.78 bits per heavy atom. The third kappa shape index (κ3) is 3.10. The van der Waals surface area contributed by atoms with Crippen LogP contribution in [0, 0.1) is 12.8 Å². The highest BCUT2D eigenvalue weighted by atomic mass is 16.5. The monoisotopic (exact) mass is 250 g/mol. The summed E-state index contributed by atoms with van der Waals surface area (Å²) < 4.78 is 5.44. The van der Waals surface area contributed by atoms with Crippen molar-refractivity contribution in [2.45, 2.75) is 32.7 Å². The van der Waals surface area contributed by atoms with Gasteiger partial charge in [-0.05, 0) is 32.6 Å². The Bertz CT molecular complexity index is 404. The van der Waals surface area contributed by atoms with Crippen molar-refractivity contribution in [3.63, 3.8) is 0 Å². The van der Waals surface area contributed by atoms with Crippen LogP contribution in [0.4, 0.5) is 5.95 Å². The molecule has 2 rings (SSSR count). The molecule has 0 radical (unpaired) electrons. The number of ether oxygens (including phenoxy) is 1. The minimum absolute atomic E-state index is 0.390. The summed E-state index contributed by atoms with van der Waals surface area (Å²) in [5.41, 5.74) is 6.73. The van der Waals surface area contributed by atoms with Crippen molar-refractivity contribution in [2.24, 2.45) is 11.7 Å². The van der Waals surface area contributed by atoms with Gasteiger partial charge in [-0.2, -0.15) is 4.98 Å². The highest BCUT2D eigenvalue weighted by molar-refractivity contribution is 5.33. The number of hydrogen-bond donors (Lipinski definition) is 1. The molecular weight excluding hydrogens is 228 g/mol. The summed E-state index contributed by atoms with van der Waals surface area (Å²) in [6, 6.07) is 2.25. The van der Waals surface area contributed by atoms with Crippen LogP contribution in [-0.2, 0) is 0 Å². The molecule has 0 atom stereocenters. The molecule has 0 unspecified atom stereocenters. The van der Waals surface area contributed by atoms with E-state index in [1.807, 2.05) is 27.0 Å². The van der Waals surface area contributed by atoms with Crippen molar-refractivity contribution in [1.29, 1.82) is 0 Å². The normalized spacial score (nSPS) is 22.4. The topological polar surface area (TPSA) is 64.3 Å². The lowest BCUT2D eigenvalue weighted by atomic mass is 9.81. The largest absolute Gasteiger partial charge is 0.478 e. The second kappa shape index (κ2) is 5.52. The molecule has 1 saturated carbocycles. The summed E-state index contributed by atoms with van der Waals surface area (Å²) >= 11 is 0. The first-order valence-corrected chi connectivity index (χ1v) is 6.53. The number of aromatic nitrogens is 2. The van der Waals surface area contributed by atoms with Gasteiger partial charge >= 0.3 is 0 Å². The molecule has 18 heavy (non-hydrogen) atoms. The molecule has 0 aliphatic heterocycles. The van der Waals surface area contributed by atoms with Gasteiger partial charge in [-0.25, -0.2) is 4.98 Å². The fraction of sp³-hybridized carbons (Fsp3) is 0.692. The van der Waals surface area contributed by atoms with Gasteiger partial charge in [-0.15, -0.1) is 0 Å². The maximum absolute atomic E-state index is 5.80. The van der Waals surface area contributed by atoms with Gasteiger partial charge in [0.15, 0.2) is 0 Å². The van der Waals surface area contributed by atoms with Crippen LogP contribution in [0.2, 0.25) is 0 Å². The van der Waals surface area contributed by atoms with Crippen molar-refractivity contribution in [3.05, 3.63) is 11.8 Å². The van der Waals surface area contributed by atoms with E-state index in [-0.39, 0.29) is 0 Å².